The molecule has 0 atom stereocenters. The lowest BCUT2D eigenvalue weighted by atomic mass is 10.1. The number of hydrogen-bond donors (Lipinski definition) is 2. The van der Waals surface area contributed by atoms with Crippen molar-refractivity contribution in [1.82, 2.24) is 5.32 Å². The van der Waals surface area contributed by atoms with Gasteiger partial charge >= 0.3 is 6.61 Å². The van der Waals surface area contributed by atoms with Crippen LogP contribution in [0.4, 0.5) is 8.78 Å². The Labute approximate surface area is 147 Å². The smallest absolute Gasteiger partial charge is 0.387 e. The third-order valence-corrected chi connectivity index (χ3v) is 3.71. The van der Waals surface area contributed by atoms with Crippen LogP contribution in [0.25, 0.3) is 0 Å². The Morgan fingerprint density at radius 2 is 1.96 bits per heavy atom. The summed E-state index contributed by atoms with van der Waals surface area (Å²) in [5.74, 6) is 0.350. The predicted molar refractivity (Wildman–Crippen MR) is 94.2 cm³/mol. The predicted octanol–water partition coefficient (Wildman–Crippen LogP) is 3.70. The number of guanidine groups is 1. The molecule has 0 spiro atoms. The third-order valence-electron chi connectivity index (χ3n) is 3.22. The van der Waals surface area contributed by atoms with Gasteiger partial charge in [0, 0.05) is 16.6 Å². The van der Waals surface area contributed by atoms with Gasteiger partial charge in [-0.15, -0.1) is 0 Å². The summed E-state index contributed by atoms with van der Waals surface area (Å²) in [4.78, 5) is 4.17. The number of hydrogen-bond acceptors (Lipinski definition) is 2. The van der Waals surface area contributed by atoms with Gasteiger partial charge in [-0.3, -0.25) is 0 Å². The number of nitrogens with zero attached hydrogens (tertiary/aromatic N) is 1. The summed E-state index contributed by atoms with van der Waals surface area (Å²) in [5.41, 5.74) is 7.53. The van der Waals surface area contributed by atoms with Crippen LogP contribution in [-0.2, 0) is 13.0 Å². The molecule has 0 heterocycles. The van der Waals surface area contributed by atoms with Gasteiger partial charge < -0.3 is 15.8 Å². The van der Waals surface area contributed by atoms with Gasteiger partial charge in [-0.2, -0.15) is 8.78 Å². The van der Waals surface area contributed by atoms with Crippen molar-refractivity contribution in [2.24, 2.45) is 10.7 Å². The summed E-state index contributed by atoms with van der Waals surface area (Å²) < 4.78 is 30.1. The molecule has 0 amide bonds. The van der Waals surface area contributed by atoms with Crippen molar-refractivity contribution in [2.75, 3.05) is 6.54 Å². The highest BCUT2D eigenvalue weighted by Gasteiger charge is 2.10. The molecule has 0 aliphatic rings. The Bertz CT molecular complexity index is 681. The first kappa shape index (κ1) is 18.2. The van der Waals surface area contributed by atoms with Crippen LogP contribution in [0.5, 0.6) is 5.75 Å². The summed E-state index contributed by atoms with van der Waals surface area (Å²) in [6.07, 6.45) is 0.813. The Morgan fingerprint density at radius 1 is 1.21 bits per heavy atom. The number of halogens is 3. The SMILES string of the molecule is NC(=NCc1cc(Br)ccc1OC(F)F)NCCc1ccccc1. The van der Waals surface area contributed by atoms with Gasteiger partial charge in [-0.25, -0.2) is 4.99 Å². The van der Waals surface area contributed by atoms with Crippen molar-refractivity contribution >= 4 is 21.9 Å². The average Bonchev–Trinajstić information content (AvgIpc) is 2.55. The molecular weight excluding hydrogens is 380 g/mol. The Hall–Kier alpha value is -2.15. The molecule has 7 heteroatoms. The monoisotopic (exact) mass is 397 g/mol. The lowest BCUT2D eigenvalue weighted by Crippen LogP contribution is -2.33. The number of ether oxygens (including phenoxy) is 1. The first-order valence-corrected chi connectivity index (χ1v) is 8.15. The molecule has 2 aromatic rings. The Morgan fingerprint density at radius 3 is 2.67 bits per heavy atom. The van der Waals surface area contributed by atoms with E-state index in [4.69, 9.17) is 5.73 Å². The maximum absolute atomic E-state index is 12.4. The van der Waals surface area contributed by atoms with Crippen LogP contribution in [0.3, 0.4) is 0 Å². The minimum absolute atomic E-state index is 0.0917. The van der Waals surface area contributed by atoms with Crippen LogP contribution < -0.4 is 15.8 Å². The molecule has 0 saturated carbocycles. The highest BCUT2D eigenvalue weighted by molar-refractivity contribution is 9.10. The van der Waals surface area contributed by atoms with E-state index in [9.17, 15) is 8.78 Å². The molecule has 4 nitrogen and oxygen atoms in total. The zero-order valence-electron chi connectivity index (χ0n) is 12.9. The van der Waals surface area contributed by atoms with Crippen LogP contribution in [0.2, 0.25) is 0 Å². The van der Waals surface area contributed by atoms with E-state index < -0.39 is 6.61 Å². The molecule has 128 valence electrons. The summed E-state index contributed by atoms with van der Waals surface area (Å²) >= 11 is 3.30. The second-order valence-electron chi connectivity index (χ2n) is 4.99. The standard InChI is InChI=1S/C17H18BrF2N3O/c18-14-6-7-15(24-16(19)20)13(10-14)11-23-17(21)22-9-8-12-4-2-1-3-5-12/h1-7,10,16H,8-9,11H2,(H3,21,22,23). The quantitative estimate of drug-likeness (QED) is 0.553. The van der Waals surface area contributed by atoms with Gasteiger partial charge in [0.2, 0.25) is 0 Å². The first-order chi connectivity index (χ1) is 11.5. The number of benzene rings is 2. The Kier molecular flexibility index (Phi) is 6.99. The van der Waals surface area contributed by atoms with Crippen molar-refractivity contribution in [1.29, 1.82) is 0 Å². The highest BCUT2D eigenvalue weighted by atomic mass is 79.9. The van der Waals surface area contributed by atoms with E-state index in [0.29, 0.717) is 12.1 Å². The van der Waals surface area contributed by atoms with Crippen molar-refractivity contribution in [3.8, 4) is 5.75 Å². The van der Waals surface area contributed by atoms with Gasteiger partial charge in [-0.05, 0) is 30.2 Å². The summed E-state index contributed by atoms with van der Waals surface area (Å²) in [6.45, 7) is -2.10. The second kappa shape index (κ2) is 9.22. The Balaban J connectivity index is 1.90. The number of rotatable bonds is 7. The molecule has 0 saturated heterocycles. The topological polar surface area (TPSA) is 59.6 Å². The van der Waals surface area contributed by atoms with Crippen LogP contribution in [0, 0.1) is 0 Å². The number of nitrogens with two attached hydrogens (primary N) is 1. The maximum atomic E-state index is 12.4. The molecule has 0 aromatic heterocycles. The highest BCUT2D eigenvalue weighted by Crippen LogP contribution is 2.25. The summed E-state index contributed by atoms with van der Waals surface area (Å²) in [6, 6.07) is 14.8. The fraction of sp³-hybridized carbons (Fsp3) is 0.235. The fourth-order valence-electron chi connectivity index (χ4n) is 2.09. The average molecular weight is 398 g/mol. The van der Waals surface area contributed by atoms with Gasteiger partial charge in [0.05, 0.1) is 6.54 Å². The van der Waals surface area contributed by atoms with Crippen LogP contribution >= 0.6 is 15.9 Å². The van der Waals surface area contributed by atoms with Crippen LogP contribution in [0.1, 0.15) is 11.1 Å². The van der Waals surface area contributed by atoms with E-state index in [1.165, 1.54) is 11.6 Å². The van der Waals surface area contributed by atoms with Crippen molar-refractivity contribution in [3.63, 3.8) is 0 Å². The van der Waals surface area contributed by atoms with Crippen LogP contribution in [0.15, 0.2) is 58.0 Å². The molecule has 2 rings (SSSR count). The van der Waals surface area contributed by atoms with Gasteiger partial charge in [0.25, 0.3) is 0 Å². The molecule has 0 bridgehead atoms. The van der Waals surface area contributed by atoms with Gasteiger partial charge in [0.15, 0.2) is 5.96 Å². The fourth-order valence-corrected chi connectivity index (χ4v) is 2.50. The van der Waals surface area contributed by atoms with Gasteiger partial charge in [-0.1, -0.05) is 46.3 Å². The molecule has 0 radical (unpaired) electrons. The van der Waals surface area contributed by atoms with Crippen molar-refractivity contribution in [2.45, 2.75) is 19.6 Å². The lowest BCUT2D eigenvalue weighted by molar-refractivity contribution is -0.0504. The molecule has 0 unspecified atom stereocenters. The van der Waals surface area contributed by atoms with E-state index in [1.54, 1.807) is 12.1 Å². The molecule has 0 fully saturated rings. The third kappa shape index (κ3) is 6.16. The first-order valence-electron chi connectivity index (χ1n) is 7.35. The van der Waals surface area contributed by atoms with Crippen molar-refractivity contribution in [3.05, 3.63) is 64.1 Å². The molecular formula is C17H18BrF2N3O. The zero-order valence-corrected chi connectivity index (χ0v) is 14.5. The number of alkyl halides is 2. The summed E-state index contributed by atoms with van der Waals surface area (Å²) in [7, 11) is 0. The molecule has 3 N–H and O–H groups in total. The minimum atomic E-state index is -2.88. The van der Waals surface area contributed by atoms with E-state index in [1.807, 2.05) is 30.3 Å². The van der Waals surface area contributed by atoms with E-state index in [0.717, 1.165) is 10.9 Å². The van der Waals surface area contributed by atoms with E-state index >= 15 is 0 Å². The minimum Gasteiger partial charge on any atom is -0.434 e. The van der Waals surface area contributed by atoms with Crippen LogP contribution in [-0.4, -0.2) is 19.1 Å². The molecule has 0 aliphatic heterocycles. The number of nitrogens with one attached hydrogen (secondary N) is 1. The van der Waals surface area contributed by atoms with E-state index in [-0.39, 0.29) is 18.3 Å². The zero-order chi connectivity index (χ0) is 17.4. The molecule has 24 heavy (non-hydrogen) atoms. The van der Waals surface area contributed by atoms with E-state index in [2.05, 4.69) is 31.0 Å². The second-order valence-corrected chi connectivity index (χ2v) is 5.91. The maximum Gasteiger partial charge on any atom is 0.387 e. The molecule has 0 aliphatic carbocycles. The van der Waals surface area contributed by atoms with Crippen molar-refractivity contribution < 1.29 is 13.5 Å². The molecule has 2 aromatic carbocycles. The summed E-state index contributed by atoms with van der Waals surface area (Å²) in [5, 5.41) is 3.00. The van der Waals surface area contributed by atoms with Gasteiger partial charge in [0.1, 0.15) is 5.75 Å². The largest absolute Gasteiger partial charge is 0.434 e. The normalized spacial score (nSPS) is 11.6. The number of aliphatic imine (C=N–C) groups is 1. The lowest BCUT2D eigenvalue weighted by Gasteiger charge is -2.10.